The van der Waals surface area contributed by atoms with E-state index >= 15 is 0 Å². The Kier molecular flexibility index (Phi) is 12.5. The molecule has 29 heavy (non-hydrogen) atoms. The first-order valence-corrected chi connectivity index (χ1v) is 10.0. The highest BCUT2D eigenvalue weighted by Crippen LogP contribution is 2.23. The topological polar surface area (TPSA) is 67.4 Å². The molecule has 1 fully saturated rings. The number of ether oxygens (including phenoxy) is 3. The second kappa shape index (κ2) is 14.0. The molecular formula is C21H37IN4O3. The predicted octanol–water partition coefficient (Wildman–Crippen LogP) is 2.50. The molecule has 2 rings (SSSR count). The van der Waals surface area contributed by atoms with Crippen LogP contribution in [0.25, 0.3) is 0 Å². The molecule has 1 aliphatic heterocycles. The summed E-state index contributed by atoms with van der Waals surface area (Å²) in [6.07, 6.45) is 2.20. The van der Waals surface area contributed by atoms with Gasteiger partial charge in [0.1, 0.15) is 12.4 Å². The third kappa shape index (κ3) is 9.97. The van der Waals surface area contributed by atoms with Gasteiger partial charge >= 0.3 is 0 Å². The van der Waals surface area contributed by atoms with Gasteiger partial charge in [-0.3, -0.25) is 4.99 Å². The number of nitrogens with one attached hydrogen (secondary N) is 2. The van der Waals surface area contributed by atoms with E-state index in [-0.39, 0.29) is 29.6 Å². The number of halogens is 1. The average molecular weight is 520 g/mol. The van der Waals surface area contributed by atoms with E-state index in [1.165, 1.54) is 0 Å². The van der Waals surface area contributed by atoms with Crippen molar-refractivity contribution in [3.63, 3.8) is 0 Å². The standard InChI is InChI=1S/C21H36N4O3.HI/c1-21(9-6-12-28-21)17-24-20(22-2)23-16-18-7-5-8-19(15-18)27-14-11-25(3)10-13-26-4;/h5,7-8,15H,6,9-14,16-17H2,1-4H3,(H2,22,23,24);1H. The Morgan fingerprint density at radius 2 is 2.07 bits per heavy atom. The van der Waals surface area contributed by atoms with E-state index in [2.05, 4.69) is 46.6 Å². The maximum absolute atomic E-state index is 5.89. The minimum atomic E-state index is -0.0954. The molecule has 1 aromatic rings. The summed E-state index contributed by atoms with van der Waals surface area (Å²) in [5.41, 5.74) is 1.05. The van der Waals surface area contributed by atoms with Gasteiger partial charge in [-0.15, -0.1) is 24.0 Å². The summed E-state index contributed by atoms with van der Waals surface area (Å²) in [4.78, 5) is 6.50. The second-order valence-electron chi connectivity index (χ2n) is 7.47. The Morgan fingerprint density at radius 3 is 2.76 bits per heavy atom. The van der Waals surface area contributed by atoms with Crippen LogP contribution in [-0.4, -0.2) is 77.1 Å². The van der Waals surface area contributed by atoms with Crippen LogP contribution in [0.4, 0.5) is 0 Å². The van der Waals surface area contributed by atoms with E-state index < -0.39 is 0 Å². The molecule has 1 heterocycles. The summed E-state index contributed by atoms with van der Waals surface area (Å²) in [5, 5.41) is 6.72. The van der Waals surface area contributed by atoms with Crippen LogP contribution in [0.2, 0.25) is 0 Å². The van der Waals surface area contributed by atoms with Gasteiger partial charge in [-0.2, -0.15) is 0 Å². The van der Waals surface area contributed by atoms with Gasteiger partial charge in [0.2, 0.25) is 0 Å². The monoisotopic (exact) mass is 520 g/mol. The van der Waals surface area contributed by atoms with Crippen molar-refractivity contribution in [1.29, 1.82) is 0 Å². The molecule has 1 saturated heterocycles. The van der Waals surface area contributed by atoms with Gasteiger partial charge < -0.3 is 29.7 Å². The average Bonchev–Trinajstić information content (AvgIpc) is 3.13. The molecule has 166 valence electrons. The summed E-state index contributed by atoms with van der Waals surface area (Å²) < 4.78 is 16.8. The lowest BCUT2D eigenvalue weighted by Crippen LogP contribution is -2.45. The highest BCUT2D eigenvalue weighted by molar-refractivity contribution is 14.0. The number of hydrogen-bond acceptors (Lipinski definition) is 5. The smallest absolute Gasteiger partial charge is 0.191 e. The van der Waals surface area contributed by atoms with Crippen molar-refractivity contribution in [3.05, 3.63) is 29.8 Å². The minimum Gasteiger partial charge on any atom is -0.492 e. The van der Waals surface area contributed by atoms with Crippen LogP contribution in [0.1, 0.15) is 25.3 Å². The number of benzene rings is 1. The van der Waals surface area contributed by atoms with Crippen molar-refractivity contribution in [2.24, 2.45) is 4.99 Å². The van der Waals surface area contributed by atoms with Crippen LogP contribution in [0.5, 0.6) is 5.75 Å². The van der Waals surface area contributed by atoms with Crippen LogP contribution in [0, 0.1) is 0 Å². The molecule has 0 bridgehead atoms. The van der Waals surface area contributed by atoms with Gasteiger partial charge in [0.05, 0.1) is 12.2 Å². The van der Waals surface area contributed by atoms with Gasteiger partial charge in [-0.25, -0.2) is 0 Å². The molecule has 1 aliphatic rings. The fourth-order valence-electron chi connectivity index (χ4n) is 3.08. The lowest BCUT2D eigenvalue weighted by Gasteiger charge is -2.24. The molecule has 2 N–H and O–H groups in total. The van der Waals surface area contributed by atoms with Crippen LogP contribution >= 0.6 is 24.0 Å². The largest absolute Gasteiger partial charge is 0.492 e. The van der Waals surface area contributed by atoms with E-state index in [4.69, 9.17) is 14.2 Å². The molecule has 0 aliphatic carbocycles. The minimum absolute atomic E-state index is 0. The molecular weight excluding hydrogens is 483 g/mol. The Labute approximate surface area is 192 Å². The van der Waals surface area contributed by atoms with Crippen LogP contribution in [-0.2, 0) is 16.0 Å². The fourth-order valence-corrected chi connectivity index (χ4v) is 3.08. The predicted molar refractivity (Wildman–Crippen MR) is 129 cm³/mol. The first-order valence-electron chi connectivity index (χ1n) is 10.0. The number of rotatable bonds is 11. The van der Waals surface area contributed by atoms with E-state index in [1.807, 2.05) is 12.1 Å². The zero-order valence-electron chi connectivity index (χ0n) is 18.2. The Balaban J connectivity index is 0.00000420. The molecule has 8 heteroatoms. The van der Waals surface area contributed by atoms with Gasteiger partial charge in [-0.1, -0.05) is 12.1 Å². The highest BCUT2D eigenvalue weighted by Gasteiger charge is 2.29. The van der Waals surface area contributed by atoms with Crippen LogP contribution < -0.4 is 15.4 Å². The van der Waals surface area contributed by atoms with Crippen LogP contribution in [0.15, 0.2) is 29.3 Å². The maximum atomic E-state index is 5.89. The fraction of sp³-hybridized carbons (Fsp3) is 0.667. The zero-order chi connectivity index (χ0) is 20.2. The van der Waals surface area contributed by atoms with Crippen molar-refractivity contribution in [3.8, 4) is 5.75 Å². The Hall–Kier alpha value is -1.10. The van der Waals surface area contributed by atoms with Gasteiger partial charge in [0.25, 0.3) is 0 Å². The van der Waals surface area contributed by atoms with E-state index in [1.54, 1.807) is 14.2 Å². The molecule has 0 amide bonds. The summed E-state index contributed by atoms with van der Waals surface area (Å²) in [5.74, 6) is 1.66. The van der Waals surface area contributed by atoms with Gasteiger partial charge in [0, 0.05) is 46.9 Å². The summed E-state index contributed by atoms with van der Waals surface area (Å²) >= 11 is 0. The Morgan fingerprint density at radius 1 is 1.28 bits per heavy atom. The van der Waals surface area contributed by atoms with Crippen molar-refractivity contribution in [2.45, 2.75) is 31.9 Å². The highest BCUT2D eigenvalue weighted by atomic mass is 127. The van der Waals surface area contributed by atoms with Crippen molar-refractivity contribution >= 4 is 29.9 Å². The molecule has 0 spiro atoms. The van der Waals surface area contributed by atoms with E-state index in [0.29, 0.717) is 13.2 Å². The van der Waals surface area contributed by atoms with Crippen molar-refractivity contribution < 1.29 is 14.2 Å². The zero-order valence-corrected chi connectivity index (χ0v) is 20.5. The number of aliphatic imine (C=N–C) groups is 1. The molecule has 1 aromatic carbocycles. The lowest BCUT2D eigenvalue weighted by atomic mass is 10.0. The normalized spacial score (nSPS) is 19.1. The summed E-state index contributed by atoms with van der Waals surface area (Å²) in [6, 6.07) is 8.16. The molecule has 1 unspecified atom stereocenters. The van der Waals surface area contributed by atoms with E-state index in [9.17, 15) is 0 Å². The number of likely N-dealkylation sites (N-methyl/N-ethyl adjacent to an activating group) is 1. The van der Waals surface area contributed by atoms with Crippen LogP contribution in [0.3, 0.4) is 0 Å². The van der Waals surface area contributed by atoms with Crippen molar-refractivity contribution in [1.82, 2.24) is 15.5 Å². The first kappa shape index (κ1) is 25.9. The van der Waals surface area contributed by atoms with Gasteiger partial charge in [-0.05, 0) is 44.5 Å². The molecule has 0 aromatic heterocycles. The summed E-state index contributed by atoms with van der Waals surface area (Å²) in [6.45, 7) is 7.59. The molecule has 0 radical (unpaired) electrons. The number of methoxy groups -OCH3 is 1. The molecule has 0 saturated carbocycles. The number of nitrogens with zero attached hydrogens (tertiary/aromatic N) is 2. The number of guanidine groups is 1. The quantitative estimate of drug-likeness (QED) is 0.266. The molecule has 1 atom stereocenters. The number of hydrogen-bond donors (Lipinski definition) is 2. The third-order valence-electron chi connectivity index (χ3n) is 4.93. The SMILES string of the molecule is CN=C(NCc1cccc(OCCN(C)CCOC)c1)NCC1(C)CCCO1.I. The lowest BCUT2D eigenvalue weighted by molar-refractivity contribution is 0.0243. The van der Waals surface area contributed by atoms with Crippen molar-refractivity contribution in [2.75, 3.05) is 60.7 Å². The maximum Gasteiger partial charge on any atom is 0.191 e. The second-order valence-corrected chi connectivity index (χ2v) is 7.47. The first-order chi connectivity index (χ1) is 13.5. The van der Waals surface area contributed by atoms with Gasteiger partial charge in [0.15, 0.2) is 5.96 Å². The third-order valence-corrected chi connectivity index (χ3v) is 4.93. The van der Waals surface area contributed by atoms with E-state index in [0.717, 1.165) is 63.0 Å². The Bertz CT molecular complexity index is 609. The summed E-state index contributed by atoms with van der Waals surface area (Å²) in [7, 11) is 5.57. The molecule has 7 nitrogen and oxygen atoms in total.